The Labute approximate surface area is 266 Å². The molecule has 0 aliphatic carbocycles. The van der Waals surface area contributed by atoms with Crippen molar-refractivity contribution in [3.63, 3.8) is 0 Å². The van der Waals surface area contributed by atoms with E-state index in [1.165, 1.54) is 11.0 Å². The number of aliphatic hydroxyl groups is 1. The number of hydrogen-bond acceptors (Lipinski definition) is 8. The highest BCUT2D eigenvalue weighted by Gasteiger charge is 2.48. The Hall–Kier alpha value is -4.29. The van der Waals surface area contributed by atoms with Crippen LogP contribution in [0.25, 0.3) is 5.76 Å². The zero-order valence-corrected chi connectivity index (χ0v) is 26.3. The Balaban J connectivity index is 1.51. The van der Waals surface area contributed by atoms with Crippen molar-refractivity contribution in [2.24, 2.45) is 0 Å². The molecule has 2 heterocycles. The first-order chi connectivity index (χ1) is 20.7. The molecule has 1 N–H and O–H groups in total. The normalized spacial score (nSPS) is 15.9. The molecule has 0 bridgehead atoms. The molecule has 1 unspecified atom stereocenters. The van der Waals surface area contributed by atoms with E-state index >= 15 is 0 Å². The largest absolute Gasteiger partial charge is 0.507 e. The van der Waals surface area contributed by atoms with E-state index in [0.29, 0.717) is 29.2 Å². The van der Waals surface area contributed by atoms with Crippen LogP contribution in [0.15, 0.2) is 91.0 Å². The number of aromatic nitrogens is 1. The molecule has 1 aromatic heterocycles. The number of Topliss-reactive ketones (excluding diaryl/α,β-unsaturated/α-hetero) is 1. The van der Waals surface area contributed by atoms with Gasteiger partial charge in [0.25, 0.3) is 5.78 Å². The summed E-state index contributed by atoms with van der Waals surface area (Å²) in [5, 5.41) is 11.6. The van der Waals surface area contributed by atoms with Crippen molar-refractivity contribution in [3.8, 4) is 5.75 Å². The smallest absolute Gasteiger partial charge is 0.350 e. The monoisotopic (exact) mass is 706 g/mol. The number of ketones is 1. The van der Waals surface area contributed by atoms with Gasteiger partial charge in [-0.2, -0.15) is 0 Å². The number of halogens is 1. The number of esters is 1. The van der Waals surface area contributed by atoms with Crippen molar-refractivity contribution in [3.05, 3.63) is 127 Å². The minimum atomic E-state index is -0.975. The Kier molecular flexibility index (Phi) is 9.07. The molecule has 1 aliphatic heterocycles. The van der Waals surface area contributed by atoms with Crippen molar-refractivity contribution in [2.75, 3.05) is 11.5 Å². The first-order valence-electron chi connectivity index (χ1n) is 13.3. The minimum absolute atomic E-state index is 0.0222. The Bertz CT molecular complexity index is 1740. The molecule has 218 valence electrons. The van der Waals surface area contributed by atoms with Crippen LogP contribution in [0.5, 0.6) is 5.75 Å². The average molecular weight is 707 g/mol. The van der Waals surface area contributed by atoms with Gasteiger partial charge in [0.1, 0.15) is 29.6 Å². The molecule has 3 aromatic carbocycles. The molecular formula is C33H27IN2O6S. The van der Waals surface area contributed by atoms with E-state index in [9.17, 15) is 19.5 Å². The van der Waals surface area contributed by atoms with Crippen LogP contribution in [0.1, 0.15) is 43.7 Å². The lowest BCUT2D eigenvalue weighted by molar-refractivity contribution is -0.132. The molecule has 4 aromatic rings. The lowest BCUT2D eigenvalue weighted by Crippen LogP contribution is -2.29. The number of carbonyl (C=O) groups excluding carboxylic acids is 3. The number of anilines is 1. The van der Waals surface area contributed by atoms with E-state index in [2.05, 4.69) is 34.2 Å². The molecule has 1 amide bonds. The molecule has 43 heavy (non-hydrogen) atoms. The van der Waals surface area contributed by atoms with Gasteiger partial charge in [-0.3, -0.25) is 14.5 Å². The van der Waals surface area contributed by atoms with E-state index < -0.39 is 23.7 Å². The fourth-order valence-corrected chi connectivity index (χ4v) is 6.05. The van der Waals surface area contributed by atoms with E-state index in [0.717, 1.165) is 26.0 Å². The summed E-state index contributed by atoms with van der Waals surface area (Å²) < 4.78 is 12.0. The summed E-state index contributed by atoms with van der Waals surface area (Å²) in [5.74, 6) is -2.06. The van der Waals surface area contributed by atoms with Crippen LogP contribution >= 0.6 is 33.9 Å². The number of rotatable bonds is 9. The molecule has 5 rings (SSSR count). The predicted octanol–water partition coefficient (Wildman–Crippen LogP) is 6.91. The predicted molar refractivity (Wildman–Crippen MR) is 173 cm³/mol. The van der Waals surface area contributed by atoms with Gasteiger partial charge in [0.15, 0.2) is 5.13 Å². The number of benzene rings is 3. The summed E-state index contributed by atoms with van der Waals surface area (Å²) >= 11 is 3.11. The molecule has 1 atom stereocenters. The van der Waals surface area contributed by atoms with Crippen LogP contribution in [0, 0.1) is 17.4 Å². The van der Waals surface area contributed by atoms with Crippen LogP contribution in [-0.2, 0) is 20.9 Å². The van der Waals surface area contributed by atoms with Gasteiger partial charge >= 0.3 is 11.9 Å². The standard InChI is InChI=1S/C33H27IN2O6S/c1-4-16-41-32(40)30-20(3)35-33(43-30)36-27(22-8-12-24(34)13-9-22)26(29(38)31(36)39)28(37)23-10-14-25(15-11-23)42-18-21-7-5-6-19(2)17-21/h4-15,17,27,37H,1,16,18H2,2-3H3/b28-26+. The number of amides is 1. The second-order valence-electron chi connectivity index (χ2n) is 9.82. The van der Waals surface area contributed by atoms with Gasteiger partial charge in [-0.05, 0) is 84.0 Å². The number of ether oxygens (including phenoxy) is 2. The van der Waals surface area contributed by atoms with Gasteiger partial charge in [0.2, 0.25) is 0 Å². The summed E-state index contributed by atoms with van der Waals surface area (Å²) in [6.07, 6.45) is 1.45. The highest BCUT2D eigenvalue weighted by Crippen LogP contribution is 2.44. The Morgan fingerprint density at radius 3 is 2.49 bits per heavy atom. The van der Waals surface area contributed by atoms with Crippen molar-refractivity contribution in [1.82, 2.24) is 4.98 Å². The third-order valence-electron chi connectivity index (χ3n) is 6.75. The zero-order valence-electron chi connectivity index (χ0n) is 23.4. The number of carbonyl (C=O) groups is 3. The summed E-state index contributed by atoms with van der Waals surface area (Å²) in [7, 11) is 0. The summed E-state index contributed by atoms with van der Waals surface area (Å²) in [6, 6.07) is 21.0. The molecule has 0 saturated carbocycles. The number of hydrogen-bond donors (Lipinski definition) is 1. The van der Waals surface area contributed by atoms with E-state index in [1.54, 1.807) is 43.3 Å². The maximum Gasteiger partial charge on any atom is 0.350 e. The van der Waals surface area contributed by atoms with Crippen LogP contribution in [0.3, 0.4) is 0 Å². The van der Waals surface area contributed by atoms with Gasteiger partial charge in [0.05, 0.1) is 17.3 Å². The third kappa shape index (κ3) is 6.40. The van der Waals surface area contributed by atoms with Gasteiger partial charge in [0, 0.05) is 9.13 Å². The molecule has 10 heteroatoms. The third-order valence-corrected chi connectivity index (χ3v) is 8.61. The quantitative estimate of drug-likeness (QED) is 0.0504. The maximum absolute atomic E-state index is 13.5. The Morgan fingerprint density at radius 1 is 1.09 bits per heavy atom. The zero-order chi connectivity index (χ0) is 30.7. The Morgan fingerprint density at radius 2 is 1.81 bits per heavy atom. The van der Waals surface area contributed by atoms with Crippen LogP contribution < -0.4 is 9.64 Å². The fraction of sp³-hybridized carbons (Fsp3) is 0.152. The van der Waals surface area contributed by atoms with Crippen molar-refractivity contribution < 1.29 is 29.0 Å². The van der Waals surface area contributed by atoms with Gasteiger partial charge in [-0.15, -0.1) is 0 Å². The highest BCUT2D eigenvalue weighted by molar-refractivity contribution is 14.1. The lowest BCUT2D eigenvalue weighted by Gasteiger charge is -2.23. The average Bonchev–Trinajstić information content (AvgIpc) is 3.51. The molecule has 8 nitrogen and oxygen atoms in total. The van der Waals surface area contributed by atoms with Gasteiger partial charge < -0.3 is 14.6 Å². The fourth-order valence-electron chi connectivity index (χ4n) is 4.70. The molecule has 0 radical (unpaired) electrons. The first kappa shape index (κ1) is 30.2. The number of aryl methyl sites for hydroxylation is 2. The number of thiazole rings is 1. The first-order valence-corrected chi connectivity index (χ1v) is 15.2. The highest BCUT2D eigenvalue weighted by atomic mass is 127. The van der Waals surface area contributed by atoms with Crippen LogP contribution in [0.4, 0.5) is 5.13 Å². The topological polar surface area (TPSA) is 106 Å². The summed E-state index contributed by atoms with van der Waals surface area (Å²) in [4.78, 5) is 45.5. The second-order valence-corrected chi connectivity index (χ2v) is 12.0. The van der Waals surface area contributed by atoms with Crippen LogP contribution in [-0.4, -0.2) is 34.4 Å². The lowest BCUT2D eigenvalue weighted by atomic mass is 9.95. The van der Waals surface area contributed by atoms with E-state index in [4.69, 9.17) is 9.47 Å². The maximum atomic E-state index is 13.5. The second kappa shape index (κ2) is 12.9. The van der Waals surface area contributed by atoms with Crippen molar-refractivity contribution >= 4 is 62.5 Å². The SMILES string of the molecule is C=CCOC(=O)c1sc(N2C(=O)C(=O)/C(=C(/O)c3ccc(OCc4cccc(C)c4)cc3)C2c2ccc(I)cc2)nc1C. The molecule has 1 aliphatic rings. The van der Waals surface area contributed by atoms with Crippen molar-refractivity contribution in [1.29, 1.82) is 0 Å². The molecular weight excluding hydrogens is 679 g/mol. The summed E-state index contributed by atoms with van der Waals surface area (Å²) in [5.41, 5.74) is 3.39. The van der Waals surface area contributed by atoms with Crippen LogP contribution in [0.2, 0.25) is 0 Å². The van der Waals surface area contributed by atoms with Crippen molar-refractivity contribution in [2.45, 2.75) is 26.5 Å². The molecule has 1 fully saturated rings. The minimum Gasteiger partial charge on any atom is -0.507 e. The molecule has 1 saturated heterocycles. The number of nitrogens with zero attached hydrogens (tertiary/aromatic N) is 2. The van der Waals surface area contributed by atoms with E-state index in [-0.39, 0.29) is 27.9 Å². The van der Waals surface area contributed by atoms with E-state index in [1.807, 2.05) is 43.3 Å². The summed E-state index contributed by atoms with van der Waals surface area (Å²) in [6.45, 7) is 7.59. The van der Waals surface area contributed by atoms with Gasteiger partial charge in [-0.25, -0.2) is 9.78 Å². The number of aliphatic hydroxyl groups excluding tert-OH is 1. The molecule has 0 spiro atoms. The van der Waals surface area contributed by atoms with Gasteiger partial charge in [-0.1, -0.05) is 66.0 Å².